The minimum atomic E-state index is -1.39. The van der Waals surface area contributed by atoms with Crippen LogP contribution in [0.4, 0.5) is 0 Å². The van der Waals surface area contributed by atoms with Crippen LogP contribution < -0.4 is 3.58 Å². The van der Waals surface area contributed by atoms with E-state index in [0.717, 1.165) is 6.42 Å². The predicted molar refractivity (Wildman–Crippen MR) is 126 cm³/mol. The SMILES string of the molecule is [CH3][SnH]([CH3])[c]1ccc(C=C2Cc3c(ccc4ccccc34)C3=C2CCCC3)cc1. The van der Waals surface area contributed by atoms with Crippen LogP contribution >= 0.6 is 0 Å². The van der Waals surface area contributed by atoms with Gasteiger partial charge in [0.1, 0.15) is 0 Å². The van der Waals surface area contributed by atoms with E-state index in [-0.39, 0.29) is 0 Å². The van der Waals surface area contributed by atoms with Crippen LogP contribution in [0.15, 0.2) is 71.8 Å². The van der Waals surface area contributed by atoms with E-state index in [9.17, 15) is 0 Å². The van der Waals surface area contributed by atoms with Crippen LogP contribution in [0.2, 0.25) is 9.88 Å². The fourth-order valence-corrected chi connectivity index (χ4v) is 7.73. The molecule has 0 aliphatic heterocycles. The zero-order valence-corrected chi connectivity index (χ0v) is 20.3. The van der Waals surface area contributed by atoms with Crippen LogP contribution in [-0.4, -0.2) is 19.8 Å². The molecule has 0 bridgehead atoms. The number of rotatable bonds is 2. The van der Waals surface area contributed by atoms with Gasteiger partial charge >= 0.3 is 176 Å². The van der Waals surface area contributed by atoms with Crippen molar-refractivity contribution in [2.45, 2.75) is 42.0 Å². The molecule has 3 aromatic rings. The first-order valence-corrected chi connectivity index (χ1v) is 19.0. The predicted octanol–water partition coefficient (Wildman–Crippen LogP) is 6.50. The summed E-state index contributed by atoms with van der Waals surface area (Å²) in [6.45, 7) is 0. The second-order valence-electron chi connectivity index (χ2n) is 8.64. The molecule has 0 fully saturated rings. The van der Waals surface area contributed by atoms with Crippen LogP contribution in [0.5, 0.6) is 0 Å². The Morgan fingerprint density at radius 1 is 0.786 bits per heavy atom. The van der Waals surface area contributed by atoms with Crippen molar-refractivity contribution in [3.63, 3.8) is 0 Å². The van der Waals surface area contributed by atoms with Crippen LogP contribution in [0.1, 0.15) is 42.4 Å². The molecule has 0 radical (unpaired) electrons. The summed E-state index contributed by atoms with van der Waals surface area (Å²) in [6, 6.07) is 23.1. The van der Waals surface area contributed by atoms with Crippen LogP contribution in [0.3, 0.4) is 0 Å². The molecule has 3 aromatic carbocycles. The summed E-state index contributed by atoms with van der Waals surface area (Å²) in [7, 11) is 0. The van der Waals surface area contributed by atoms with Gasteiger partial charge in [0.25, 0.3) is 0 Å². The van der Waals surface area contributed by atoms with Crippen molar-refractivity contribution >= 4 is 45.8 Å². The normalized spacial score (nSPS) is 17.9. The van der Waals surface area contributed by atoms with Crippen molar-refractivity contribution in [3.05, 3.63) is 88.5 Å². The molecular weight excluding hydrogens is 443 g/mol. The van der Waals surface area contributed by atoms with Gasteiger partial charge in [0, 0.05) is 0 Å². The Hall–Kier alpha value is -1.80. The number of fused-ring (bicyclic) bond motifs is 4. The molecule has 0 saturated heterocycles. The van der Waals surface area contributed by atoms with Crippen molar-refractivity contribution in [3.8, 4) is 0 Å². The minimum absolute atomic E-state index is 1.07. The van der Waals surface area contributed by atoms with Crippen molar-refractivity contribution in [2.24, 2.45) is 0 Å². The summed E-state index contributed by atoms with van der Waals surface area (Å²) in [6.07, 6.45) is 8.69. The Kier molecular flexibility index (Phi) is 4.92. The Labute approximate surface area is 175 Å². The fraction of sp³-hybridized carbons (Fsp3) is 0.259. The Bertz CT molecular complexity index is 1100. The van der Waals surface area contributed by atoms with Crippen molar-refractivity contribution in [2.75, 3.05) is 0 Å². The zero-order valence-electron chi connectivity index (χ0n) is 17.0. The summed E-state index contributed by atoms with van der Waals surface area (Å²) in [4.78, 5) is 4.94. The van der Waals surface area contributed by atoms with Crippen LogP contribution in [0, 0.1) is 0 Å². The second kappa shape index (κ2) is 7.55. The molecule has 28 heavy (non-hydrogen) atoms. The van der Waals surface area contributed by atoms with E-state index < -0.39 is 19.8 Å². The molecule has 0 unspecified atom stereocenters. The first-order valence-electron chi connectivity index (χ1n) is 10.7. The summed E-state index contributed by atoms with van der Waals surface area (Å²) < 4.78 is 1.63. The van der Waals surface area contributed by atoms with Gasteiger partial charge in [-0.3, -0.25) is 0 Å². The van der Waals surface area contributed by atoms with E-state index in [1.165, 1.54) is 47.6 Å². The van der Waals surface area contributed by atoms with Crippen molar-refractivity contribution < 1.29 is 0 Å². The van der Waals surface area contributed by atoms with Crippen molar-refractivity contribution in [1.82, 2.24) is 0 Å². The standard InChI is InChI=1S/C25H21.2CH3.Sn.H/c1-2-8-18(9-3-1)16-20-17-25-21-11-5-4-10-19(21)14-15-24(25)23-13-7-6-12-22(20)23;;;;/h2-5,8-11,14-16H,6-7,12-13,17H2;2*1H3;;. The van der Waals surface area contributed by atoms with Crippen LogP contribution in [0.25, 0.3) is 22.4 Å². The Morgan fingerprint density at radius 2 is 1.54 bits per heavy atom. The molecule has 2 aliphatic rings. The van der Waals surface area contributed by atoms with Gasteiger partial charge in [0.15, 0.2) is 0 Å². The number of benzene rings is 3. The molecule has 0 nitrogen and oxygen atoms in total. The van der Waals surface area contributed by atoms with Crippen molar-refractivity contribution in [1.29, 1.82) is 0 Å². The molecule has 0 heterocycles. The molecule has 0 N–H and O–H groups in total. The van der Waals surface area contributed by atoms with E-state index in [1.54, 1.807) is 25.9 Å². The average Bonchev–Trinajstić information content (AvgIpc) is 2.74. The third kappa shape index (κ3) is 3.26. The average molecular weight is 471 g/mol. The van der Waals surface area contributed by atoms with E-state index >= 15 is 0 Å². The third-order valence-corrected chi connectivity index (χ3v) is 11.4. The van der Waals surface area contributed by atoms with E-state index in [2.05, 4.69) is 76.6 Å². The molecule has 2 aliphatic carbocycles. The first-order chi connectivity index (χ1) is 13.7. The van der Waals surface area contributed by atoms with E-state index in [0.29, 0.717) is 0 Å². The van der Waals surface area contributed by atoms with E-state index in [1.807, 2.05) is 0 Å². The number of hydrogen-bond donors (Lipinski definition) is 0. The molecular formula is C27H28Sn. The summed E-state index contributed by atoms with van der Waals surface area (Å²) in [5, 5.41) is 2.81. The van der Waals surface area contributed by atoms with Gasteiger partial charge in [0.2, 0.25) is 0 Å². The van der Waals surface area contributed by atoms with Gasteiger partial charge in [-0.05, 0) is 0 Å². The molecule has 1 heteroatoms. The quantitative estimate of drug-likeness (QED) is 0.375. The molecule has 0 aromatic heterocycles. The van der Waals surface area contributed by atoms with Gasteiger partial charge in [-0.25, -0.2) is 0 Å². The van der Waals surface area contributed by atoms with Gasteiger partial charge in [-0.1, -0.05) is 0 Å². The Morgan fingerprint density at radius 3 is 2.32 bits per heavy atom. The van der Waals surface area contributed by atoms with Gasteiger partial charge in [-0.2, -0.15) is 0 Å². The number of allylic oxidation sites excluding steroid dienone is 3. The topological polar surface area (TPSA) is 0 Å². The van der Waals surface area contributed by atoms with Crippen LogP contribution in [-0.2, 0) is 6.42 Å². The third-order valence-electron chi connectivity index (χ3n) is 6.53. The molecule has 0 amide bonds. The maximum absolute atomic E-state index is 2.48. The zero-order chi connectivity index (χ0) is 19.1. The number of hydrogen-bond acceptors (Lipinski definition) is 0. The molecule has 0 spiro atoms. The monoisotopic (exact) mass is 472 g/mol. The maximum atomic E-state index is 2.48. The second-order valence-corrected chi connectivity index (χ2v) is 17.1. The summed E-state index contributed by atoms with van der Waals surface area (Å²) in [5.74, 6) is 0. The van der Waals surface area contributed by atoms with Gasteiger partial charge in [-0.15, -0.1) is 0 Å². The molecule has 5 rings (SSSR count). The fourth-order valence-electron chi connectivity index (χ4n) is 4.98. The van der Waals surface area contributed by atoms with Gasteiger partial charge < -0.3 is 0 Å². The Balaban J connectivity index is 1.65. The van der Waals surface area contributed by atoms with E-state index in [4.69, 9.17) is 0 Å². The molecule has 140 valence electrons. The summed E-state index contributed by atoms with van der Waals surface area (Å²) >= 11 is -1.39. The first kappa shape index (κ1) is 18.2. The van der Waals surface area contributed by atoms with Gasteiger partial charge in [0.05, 0.1) is 0 Å². The molecule has 0 atom stereocenters. The molecule has 0 saturated carbocycles. The summed E-state index contributed by atoms with van der Waals surface area (Å²) in [5.41, 5.74) is 9.25.